The molecule has 1 saturated heterocycles. The highest BCUT2D eigenvalue weighted by Gasteiger charge is 2.21. The van der Waals surface area contributed by atoms with Crippen molar-refractivity contribution in [2.24, 2.45) is 0 Å². The van der Waals surface area contributed by atoms with Gasteiger partial charge in [-0.2, -0.15) is 10.4 Å². The highest BCUT2D eigenvalue weighted by atomic mass is 35.5. The summed E-state index contributed by atoms with van der Waals surface area (Å²) in [6.07, 6.45) is 5.28. The molecule has 0 bridgehead atoms. The minimum atomic E-state index is 0. The van der Waals surface area contributed by atoms with Crippen molar-refractivity contribution in [1.29, 1.82) is 5.26 Å². The van der Waals surface area contributed by atoms with Gasteiger partial charge in [-0.25, -0.2) is 9.97 Å². The topological polar surface area (TPSA) is 112 Å². The Balaban J connectivity index is 0.00000272. The van der Waals surface area contributed by atoms with Crippen LogP contribution in [0, 0.1) is 11.3 Å². The zero-order chi connectivity index (χ0) is 20.9. The summed E-state index contributed by atoms with van der Waals surface area (Å²) < 4.78 is 11.6. The predicted octanol–water partition coefficient (Wildman–Crippen LogP) is 3.39. The summed E-state index contributed by atoms with van der Waals surface area (Å²) in [6, 6.07) is 10.0. The van der Waals surface area contributed by atoms with Gasteiger partial charge in [-0.1, -0.05) is 0 Å². The average Bonchev–Trinajstić information content (AvgIpc) is 3.41. The average molecular weight is 442 g/mol. The lowest BCUT2D eigenvalue weighted by Crippen LogP contribution is -2.30. The molecule has 1 aromatic carbocycles. The molecule has 2 aromatic heterocycles. The number of H-pyrrole nitrogens is 1. The predicted molar refractivity (Wildman–Crippen MR) is 119 cm³/mol. The molecule has 1 aliphatic heterocycles. The number of anilines is 2. The summed E-state index contributed by atoms with van der Waals surface area (Å²) in [5.41, 5.74) is 1.92. The molecule has 3 aromatic rings. The number of nitrogens with zero attached hydrogens (tertiary/aromatic N) is 5. The van der Waals surface area contributed by atoms with Crippen molar-refractivity contribution >= 4 is 24.0 Å². The number of aromatic amines is 1. The number of likely N-dealkylation sites (tertiary alicyclic amines) is 1. The number of likely N-dealkylation sites (N-methyl/N-ethyl adjacent to an activating group) is 1. The second-order valence-electron chi connectivity index (χ2n) is 7.14. The number of halogens is 1. The summed E-state index contributed by atoms with van der Waals surface area (Å²) in [7, 11) is 3.77. The van der Waals surface area contributed by atoms with Gasteiger partial charge in [-0.05, 0) is 38.6 Å². The Morgan fingerprint density at radius 3 is 2.81 bits per heavy atom. The SMILES string of the molecule is COc1cc(OC[C@@H]2CCCN2C)ccc1-c1cc(Nc2cnc(C#N)cn2)n[nH]1.Cl. The number of rotatable bonds is 7. The molecule has 0 radical (unpaired) electrons. The van der Waals surface area contributed by atoms with Gasteiger partial charge in [0.05, 0.1) is 25.2 Å². The molecule has 10 heteroatoms. The van der Waals surface area contributed by atoms with Crippen LogP contribution in [-0.4, -0.2) is 58.4 Å². The first-order valence-electron chi connectivity index (χ1n) is 9.72. The van der Waals surface area contributed by atoms with E-state index < -0.39 is 0 Å². The minimum Gasteiger partial charge on any atom is -0.496 e. The number of hydrogen-bond acceptors (Lipinski definition) is 8. The maximum atomic E-state index is 8.80. The van der Waals surface area contributed by atoms with Crippen LogP contribution in [0.3, 0.4) is 0 Å². The molecule has 0 spiro atoms. The Kier molecular flexibility index (Phi) is 7.28. The summed E-state index contributed by atoms with van der Waals surface area (Å²) >= 11 is 0. The van der Waals surface area contributed by atoms with Crippen LogP contribution in [0.4, 0.5) is 11.6 Å². The fourth-order valence-corrected chi connectivity index (χ4v) is 3.47. The van der Waals surface area contributed by atoms with Crippen molar-refractivity contribution in [3.63, 3.8) is 0 Å². The molecule has 1 aliphatic rings. The molecule has 1 atom stereocenters. The zero-order valence-corrected chi connectivity index (χ0v) is 18.1. The molecule has 3 heterocycles. The Morgan fingerprint density at radius 1 is 1.26 bits per heavy atom. The summed E-state index contributed by atoms with van der Waals surface area (Å²) in [6.45, 7) is 1.79. The first kappa shape index (κ1) is 22.3. The lowest BCUT2D eigenvalue weighted by Gasteiger charge is -2.20. The van der Waals surface area contributed by atoms with Crippen molar-refractivity contribution < 1.29 is 9.47 Å². The quantitative estimate of drug-likeness (QED) is 0.573. The van der Waals surface area contributed by atoms with E-state index in [0.29, 0.717) is 30.0 Å². The van der Waals surface area contributed by atoms with E-state index >= 15 is 0 Å². The standard InChI is InChI=1S/C21H23N7O2.ClH/c1-28-7-3-4-15(28)13-30-16-5-6-17(19(8-16)29-2)18-9-20(27-26-18)25-21-12-23-14(10-22)11-24-21;/h5-6,8-9,11-12,15H,3-4,7,13H2,1-2H3,(H2,24,25,26,27);1H/t15-;/m0./s1. The number of ether oxygens (including phenoxy) is 2. The maximum absolute atomic E-state index is 8.80. The fraction of sp³-hybridized carbons (Fsp3) is 0.333. The fourth-order valence-electron chi connectivity index (χ4n) is 3.47. The maximum Gasteiger partial charge on any atom is 0.158 e. The van der Waals surface area contributed by atoms with Crippen LogP contribution in [0.15, 0.2) is 36.7 Å². The second kappa shape index (κ2) is 10.1. The summed E-state index contributed by atoms with van der Waals surface area (Å²) in [4.78, 5) is 10.5. The van der Waals surface area contributed by atoms with E-state index in [9.17, 15) is 0 Å². The van der Waals surface area contributed by atoms with Gasteiger partial charge in [0, 0.05) is 23.7 Å². The van der Waals surface area contributed by atoms with Gasteiger partial charge in [0.2, 0.25) is 0 Å². The van der Waals surface area contributed by atoms with E-state index in [2.05, 4.69) is 37.4 Å². The number of nitriles is 1. The van der Waals surface area contributed by atoms with E-state index in [1.807, 2.05) is 30.3 Å². The number of hydrogen-bond donors (Lipinski definition) is 2. The molecule has 4 rings (SSSR count). The van der Waals surface area contributed by atoms with Crippen LogP contribution < -0.4 is 14.8 Å². The van der Waals surface area contributed by atoms with Crippen molar-refractivity contribution in [2.75, 3.05) is 32.6 Å². The van der Waals surface area contributed by atoms with Gasteiger partial charge in [-0.15, -0.1) is 12.4 Å². The Hall–Kier alpha value is -3.35. The number of aromatic nitrogens is 4. The number of methoxy groups -OCH3 is 1. The third-order valence-electron chi connectivity index (χ3n) is 5.18. The Morgan fingerprint density at radius 2 is 2.13 bits per heavy atom. The smallest absolute Gasteiger partial charge is 0.158 e. The van der Waals surface area contributed by atoms with E-state index in [1.165, 1.54) is 25.2 Å². The zero-order valence-electron chi connectivity index (χ0n) is 17.3. The van der Waals surface area contributed by atoms with Crippen LogP contribution in [0.2, 0.25) is 0 Å². The van der Waals surface area contributed by atoms with Crippen LogP contribution >= 0.6 is 12.4 Å². The monoisotopic (exact) mass is 441 g/mol. The lowest BCUT2D eigenvalue weighted by molar-refractivity contribution is 0.198. The van der Waals surface area contributed by atoms with Gasteiger partial charge in [0.15, 0.2) is 11.5 Å². The third-order valence-corrected chi connectivity index (χ3v) is 5.18. The molecule has 31 heavy (non-hydrogen) atoms. The summed E-state index contributed by atoms with van der Waals surface area (Å²) in [5.74, 6) is 2.55. The normalized spacial score (nSPS) is 15.7. The van der Waals surface area contributed by atoms with Crippen molar-refractivity contribution in [2.45, 2.75) is 18.9 Å². The third kappa shape index (κ3) is 5.23. The first-order chi connectivity index (χ1) is 14.7. The molecule has 0 amide bonds. The molecule has 162 valence electrons. The Labute approximate surface area is 186 Å². The minimum absolute atomic E-state index is 0. The van der Waals surface area contributed by atoms with Gasteiger partial charge in [0.1, 0.15) is 30.0 Å². The van der Waals surface area contributed by atoms with E-state index in [4.69, 9.17) is 14.7 Å². The van der Waals surface area contributed by atoms with Crippen molar-refractivity contribution in [3.05, 3.63) is 42.4 Å². The number of benzene rings is 1. The van der Waals surface area contributed by atoms with E-state index in [1.54, 1.807) is 7.11 Å². The van der Waals surface area contributed by atoms with Crippen LogP contribution in [-0.2, 0) is 0 Å². The number of nitrogens with one attached hydrogen (secondary N) is 2. The molecule has 1 fully saturated rings. The van der Waals surface area contributed by atoms with Gasteiger partial charge in [-0.3, -0.25) is 5.10 Å². The highest BCUT2D eigenvalue weighted by molar-refractivity contribution is 5.85. The molecule has 0 saturated carbocycles. The van der Waals surface area contributed by atoms with Gasteiger partial charge < -0.3 is 19.7 Å². The van der Waals surface area contributed by atoms with Crippen molar-refractivity contribution in [1.82, 2.24) is 25.1 Å². The second-order valence-corrected chi connectivity index (χ2v) is 7.14. The Bertz CT molecular complexity index is 1050. The van der Waals surface area contributed by atoms with Crippen LogP contribution in [0.25, 0.3) is 11.3 Å². The van der Waals surface area contributed by atoms with Gasteiger partial charge in [0.25, 0.3) is 0 Å². The summed E-state index contributed by atoms with van der Waals surface area (Å²) in [5, 5.41) is 19.1. The van der Waals surface area contributed by atoms with E-state index in [0.717, 1.165) is 23.6 Å². The van der Waals surface area contributed by atoms with E-state index in [-0.39, 0.29) is 18.1 Å². The van der Waals surface area contributed by atoms with Crippen LogP contribution in [0.1, 0.15) is 18.5 Å². The molecule has 0 aliphatic carbocycles. The molecule has 0 unspecified atom stereocenters. The van der Waals surface area contributed by atoms with Gasteiger partial charge >= 0.3 is 0 Å². The molecular weight excluding hydrogens is 418 g/mol. The lowest BCUT2D eigenvalue weighted by atomic mass is 10.1. The first-order valence-corrected chi connectivity index (χ1v) is 9.72. The molecule has 2 N–H and O–H groups in total. The highest BCUT2D eigenvalue weighted by Crippen LogP contribution is 2.33. The molecular formula is C21H24ClN7O2. The van der Waals surface area contributed by atoms with Crippen molar-refractivity contribution in [3.8, 4) is 28.8 Å². The largest absolute Gasteiger partial charge is 0.496 e. The van der Waals surface area contributed by atoms with Crippen LogP contribution in [0.5, 0.6) is 11.5 Å². The molecule has 9 nitrogen and oxygen atoms in total.